The lowest BCUT2D eigenvalue weighted by molar-refractivity contribution is -0.249. The second-order valence-corrected chi connectivity index (χ2v) is 9.60. The number of hydrogen-bond donors (Lipinski definition) is 0. The minimum Gasteiger partial charge on any atom is -0.368 e. The van der Waals surface area contributed by atoms with E-state index in [0.717, 1.165) is 10.7 Å². The summed E-state index contributed by atoms with van der Waals surface area (Å²) in [6, 6.07) is 12.4. The third-order valence-corrected chi connectivity index (χ3v) is 6.75. The first kappa shape index (κ1) is 26.2. The van der Waals surface area contributed by atoms with E-state index in [2.05, 4.69) is 10.0 Å². The van der Waals surface area contributed by atoms with Crippen molar-refractivity contribution >= 4 is 34.6 Å². The number of rotatable bonds is 5. The minimum absolute atomic E-state index is 0.0833. The Bertz CT molecular complexity index is 1150. The summed E-state index contributed by atoms with van der Waals surface area (Å²) in [5.74, 6) is -5.08. The summed E-state index contributed by atoms with van der Waals surface area (Å²) in [4.78, 5) is 16.2. The predicted molar refractivity (Wildman–Crippen MR) is 130 cm³/mol. The number of para-hydroxylation sites is 1. The fourth-order valence-electron chi connectivity index (χ4n) is 4.46. The van der Waals surface area contributed by atoms with Gasteiger partial charge in [0.1, 0.15) is 5.71 Å². The molecular formula is C25H26ClF5N4O. The first-order valence-electron chi connectivity index (χ1n) is 11.6. The number of halogens is 6. The van der Waals surface area contributed by atoms with Crippen LogP contribution in [0.25, 0.3) is 0 Å². The Morgan fingerprint density at radius 2 is 1.67 bits per heavy atom. The predicted octanol–water partition coefficient (Wildman–Crippen LogP) is 6.15. The molecule has 11 heteroatoms. The number of anilines is 2. The van der Waals surface area contributed by atoms with Gasteiger partial charge in [-0.25, -0.2) is 0 Å². The van der Waals surface area contributed by atoms with Crippen molar-refractivity contribution in [3.63, 3.8) is 0 Å². The number of hydrogen-bond acceptors (Lipinski definition) is 4. The molecule has 2 aromatic rings. The molecule has 36 heavy (non-hydrogen) atoms. The summed E-state index contributed by atoms with van der Waals surface area (Å²) < 4.78 is 68.1. The summed E-state index contributed by atoms with van der Waals surface area (Å²) in [5, 5.41) is 5.07. The smallest absolute Gasteiger partial charge is 0.368 e. The molecule has 1 saturated heterocycles. The van der Waals surface area contributed by atoms with E-state index in [1.807, 2.05) is 19.9 Å². The normalized spacial score (nSPS) is 19.2. The van der Waals surface area contributed by atoms with Crippen LogP contribution >= 0.6 is 11.6 Å². The molecule has 194 valence electrons. The quantitative estimate of drug-likeness (QED) is 0.437. The maximum absolute atomic E-state index is 14.3. The summed E-state index contributed by atoms with van der Waals surface area (Å²) in [5.41, 5.74) is 0.304. The molecule has 2 aromatic carbocycles. The number of carbonyl (C=O) groups excluding carboxylic acids is 1. The van der Waals surface area contributed by atoms with Gasteiger partial charge in [0, 0.05) is 44.2 Å². The Kier molecular flexibility index (Phi) is 7.19. The lowest BCUT2D eigenvalue weighted by Gasteiger charge is -2.37. The molecule has 1 fully saturated rings. The van der Waals surface area contributed by atoms with Gasteiger partial charge in [-0.05, 0) is 29.8 Å². The molecule has 1 amide bonds. The molecular weight excluding hydrogens is 503 g/mol. The molecule has 2 heterocycles. The molecule has 1 unspecified atom stereocenters. The average Bonchev–Trinajstić information content (AvgIpc) is 3.29. The Balaban J connectivity index is 1.63. The number of hydrazone groups is 1. The third-order valence-electron chi connectivity index (χ3n) is 6.43. The second kappa shape index (κ2) is 9.88. The van der Waals surface area contributed by atoms with Crippen LogP contribution in [0.15, 0.2) is 53.6 Å². The molecule has 0 bridgehead atoms. The van der Waals surface area contributed by atoms with E-state index in [9.17, 15) is 26.7 Å². The van der Waals surface area contributed by atoms with Crippen molar-refractivity contribution in [3.8, 4) is 0 Å². The summed E-state index contributed by atoms with van der Waals surface area (Å²) in [6.07, 6.45) is -6.38. The monoisotopic (exact) mass is 528 g/mol. The van der Waals surface area contributed by atoms with Crippen LogP contribution in [0.2, 0.25) is 5.02 Å². The zero-order chi connectivity index (χ0) is 26.3. The van der Waals surface area contributed by atoms with Gasteiger partial charge in [-0.15, -0.1) is 0 Å². The van der Waals surface area contributed by atoms with Crippen LogP contribution in [-0.2, 0) is 4.79 Å². The fourth-order valence-corrected chi connectivity index (χ4v) is 4.68. The molecule has 0 radical (unpaired) electrons. The lowest BCUT2D eigenvalue weighted by atomic mass is 9.98. The van der Waals surface area contributed by atoms with Gasteiger partial charge >= 0.3 is 12.1 Å². The highest BCUT2D eigenvalue weighted by atomic mass is 35.5. The summed E-state index contributed by atoms with van der Waals surface area (Å²) in [6.45, 7) is 5.94. The molecule has 0 spiro atoms. The van der Waals surface area contributed by atoms with E-state index in [1.165, 1.54) is 12.1 Å². The van der Waals surface area contributed by atoms with E-state index in [0.29, 0.717) is 31.7 Å². The molecule has 2 aliphatic heterocycles. The van der Waals surface area contributed by atoms with Crippen LogP contribution in [0.1, 0.15) is 31.9 Å². The average molecular weight is 529 g/mol. The molecule has 5 nitrogen and oxygen atoms in total. The van der Waals surface area contributed by atoms with Crippen molar-refractivity contribution in [1.29, 1.82) is 0 Å². The number of carbonyl (C=O) groups is 1. The SMILES string of the molecule is CC(C)C(=O)N1CCN(c2cccc(C3CC(C(F)(F)C(F)(F)F)=NN3c3ccccc3Cl)c2)CC1. The van der Waals surface area contributed by atoms with Crippen molar-refractivity contribution in [2.45, 2.75) is 38.4 Å². The highest BCUT2D eigenvalue weighted by Gasteiger charge is 2.62. The molecule has 4 rings (SSSR count). The molecule has 0 saturated carbocycles. The van der Waals surface area contributed by atoms with Crippen LogP contribution in [0, 0.1) is 5.92 Å². The minimum atomic E-state index is -5.76. The Morgan fingerprint density at radius 3 is 2.28 bits per heavy atom. The number of nitrogens with zero attached hydrogens (tertiary/aromatic N) is 4. The topological polar surface area (TPSA) is 39.2 Å². The van der Waals surface area contributed by atoms with Gasteiger partial charge in [-0.2, -0.15) is 27.1 Å². The van der Waals surface area contributed by atoms with Gasteiger partial charge in [0.25, 0.3) is 0 Å². The van der Waals surface area contributed by atoms with Gasteiger partial charge in [0.05, 0.1) is 16.8 Å². The maximum Gasteiger partial charge on any atom is 0.459 e. The van der Waals surface area contributed by atoms with Crippen molar-refractivity contribution in [3.05, 3.63) is 59.1 Å². The van der Waals surface area contributed by atoms with Crippen molar-refractivity contribution in [2.24, 2.45) is 11.0 Å². The van der Waals surface area contributed by atoms with Gasteiger partial charge in [0.15, 0.2) is 0 Å². The van der Waals surface area contributed by atoms with E-state index in [4.69, 9.17) is 11.6 Å². The summed E-state index contributed by atoms with van der Waals surface area (Å²) >= 11 is 6.26. The van der Waals surface area contributed by atoms with E-state index < -0.39 is 30.3 Å². The number of amides is 1. The molecule has 0 aliphatic carbocycles. The molecule has 1 atom stereocenters. The third kappa shape index (κ3) is 5.00. The Hall–Kier alpha value is -2.88. The molecule has 0 aromatic heterocycles. The van der Waals surface area contributed by atoms with E-state index in [-0.39, 0.29) is 22.5 Å². The Labute approximate surface area is 211 Å². The maximum atomic E-state index is 14.3. The highest BCUT2D eigenvalue weighted by molar-refractivity contribution is 6.33. The van der Waals surface area contributed by atoms with Crippen LogP contribution in [0.5, 0.6) is 0 Å². The van der Waals surface area contributed by atoms with Crippen LogP contribution < -0.4 is 9.91 Å². The van der Waals surface area contributed by atoms with Gasteiger partial charge in [0.2, 0.25) is 5.91 Å². The Morgan fingerprint density at radius 1 is 1.00 bits per heavy atom. The van der Waals surface area contributed by atoms with E-state index in [1.54, 1.807) is 35.2 Å². The van der Waals surface area contributed by atoms with E-state index >= 15 is 0 Å². The largest absolute Gasteiger partial charge is 0.459 e. The first-order chi connectivity index (χ1) is 16.9. The van der Waals surface area contributed by atoms with Gasteiger partial charge in [-0.3, -0.25) is 9.80 Å². The fraction of sp³-hybridized carbons (Fsp3) is 0.440. The van der Waals surface area contributed by atoms with Crippen molar-refractivity contribution in [1.82, 2.24) is 4.90 Å². The highest BCUT2D eigenvalue weighted by Crippen LogP contribution is 2.46. The standard InChI is InChI=1S/C25H26ClF5N4O/c1-16(2)23(36)34-12-10-33(11-13-34)18-7-5-6-17(14-18)21-15-22(24(27,28)25(29,30)31)32-35(21)20-9-4-3-8-19(20)26/h3-9,14,16,21H,10-13,15H2,1-2H3. The zero-order valence-electron chi connectivity index (χ0n) is 19.8. The van der Waals surface area contributed by atoms with Crippen LogP contribution in [0.3, 0.4) is 0 Å². The summed E-state index contributed by atoms with van der Waals surface area (Å²) in [7, 11) is 0. The number of alkyl halides is 5. The molecule has 2 aliphatic rings. The second-order valence-electron chi connectivity index (χ2n) is 9.20. The van der Waals surface area contributed by atoms with Crippen LogP contribution in [0.4, 0.5) is 33.3 Å². The molecule has 0 N–H and O–H groups in total. The van der Waals surface area contributed by atoms with Crippen molar-refractivity contribution < 1.29 is 26.7 Å². The van der Waals surface area contributed by atoms with Gasteiger partial charge < -0.3 is 9.80 Å². The zero-order valence-corrected chi connectivity index (χ0v) is 20.5. The lowest BCUT2D eigenvalue weighted by Crippen LogP contribution is -2.49. The van der Waals surface area contributed by atoms with Gasteiger partial charge in [-0.1, -0.05) is 49.7 Å². The number of benzene rings is 2. The number of piperazine rings is 1. The van der Waals surface area contributed by atoms with Crippen molar-refractivity contribution in [2.75, 3.05) is 36.1 Å². The first-order valence-corrected chi connectivity index (χ1v) is 12.0. The van der Waals surface area contributed by atoms with Crippen LogP contribution in [-0.4, -0.2) is 54.8 Å².